The number of fused-ring (bicyclic) bond motifs is 1. The number of rotatable bonds is 1. The maximum Gasteiger partial charge on any atom is 0.126 e. The first-order valence-electron chi connectivity index (χ1n) is 5.74. The van der Waals surface area contributed by atoms with Crippen molar-refractivity contribution in [3.05, 3.63) is 35.9 Å². The molecular weight excluding hydrogens is 212 g/mol. The van der Waals surface area contributed by atoms with Crippen LogP contribution in [0, 0.1) is 0 Å². The van der Waals surface area contributed by atoms with Crippen LogP contribution in [0.3, 0.4) is 0 Å². The van der Waals surface area contributed by atoms with Crippen LogP contribution in [0.1, 0.15) is 26.3 Å². The largest absolute Gasteiger partial charge is 0.507 e. The van der Waals surface area contributed by atoms with Crippen LogP contribution in [0.25, 0.3) is 10.8 Å². The molecule has 0 heterocycles. The predicted octanol–water partition coefficient (Wildman–Crippen LogP) is 3.85. The van der Waals surface area contributed by atoms with E-state index in [0.29, 0.717) is 5.75 Å². The third kappa shape index (κ3) is 1.95. The van der Waals surface area contributed by atoms with Crippen molar-refractivity contribution in [2.24, 2.45) is 0 Å². The number of phenolic OH excluding ortho intramolecular Hbond substituents is 1. The third-order valence-electron chi connectivity index (χ3n) is 3.01. The molecule has 0 bridgehead atoms. The maximum absolute atomic E-state index is 10.1. The molecule has 17 heavy (non-hydrogen) atoms. The fourth-order valence-electron chi connectivity index (χ4n) is 2.16. The zero-order valence-corrected chi connectivity index (χ0v) is 10.7. The van der Waals surface area contributed by atoms with Gasteiger partial charge in [-0.3, -0.25) is 0 Å². The van der Waals surface area contributed by atoms with Crippen LogP contribution in [-0.4, -0.2) is 12.2 Å². The van der Waals surface area contributed by atoms with Gasteiger partial charge in [-0.15, -0.1) is 0 Å². The van der Waals surface area contributed by atoms with Crippen LogP contribution >= 0.6 is 0 Å². The van der Waals surface area contributed by atoms with Crippen LogP contribution in [0.15, 0.2) is 30.3 Å². The smallest absolute Gasteiger partial charge is 0.126 e. The Hall–Kier alpha value is -1.70. The van der Waals surface area contributed by atoms with Crippen molar-refractivity contribution in [2.75, 3.05) is 7.11 Å². The number of hydrogen-bond donors (Lipinski definition) is 1. The third-order valence-corrected chi connectivity index (χ3v) is 3.01. The standard InChI is InChI=1S/C15H18O2/c1-15(2,3)11-7-5-6-10-13(17-4)9-8-12(16)14(10)11/h5-9,16H,1-4H3. The van der Waals surface area contributed by atoms with Gasteiger partial charge in [-0.05, 0) is 23.1 Å². The van der Waals surface area contributed by atoms with Gasteiger partial charge < -0.3 is 9.84 Å². The van der Waals surface area contributed by atoms with Crippen molar-refractivity contribution >= 4 is 10.8 Å². The van der Waals surface area contributed by atoms with Crippen molar-refractivity contribution in [1.82, 2.24) is 0 Å². The molecule has 0 saturated carbocycles. The minimum Gasteiger partial charge on any atom is -0.507 e. The molecule has 0 saturated heterocycles. The molecule has 2 aromatic carbocycles. The van der Waals surface area contributed by atoms with E-state index in [-0.39, 0.29) is 5.41 Å². The van der Waals surface area contributed by atoms with Gasteiger partial charge in [0.1, 0.15) is 11.5 Å². The molecule has 0 aliphatic rings. The van der Waals surface area contributed by atoms with Gasteiger partial charge >= 0.3 is 0 Å². The van der Waals surface area contributed by atoms with Gasteiger partial charge in [-0.2, -0.15) is 0 Å². The lowest BCUT2D eigenvalue weighted by atomic mass is 9.83. The van der Waals surface area contributed by atoms with Crippen LogP contribution in [0.5, 0.6) is 11.5 Å². The van der Waals surface area contributed by atoms with Gasteiger partial charge in [0, 0.05) is 10.8 Å². The zero-order chi connectivity index (χ0) is 12.6. The van der Waals surface area contributed by atoms with E-state index in [1.165, 1.54) is 0 Å². The second-order valence-corrected chi connectivity index (χ2v) is 5.27. The van der Waals surface area contributed by atoms with Crippen LogP contribution in [-0.2, 0) is 5.41 Å². The van der Waals surface area contributed by atoms with E-state index < -0.39 is 0 Å². The molecule has 0 radical (unpaired) electrons. The Morgan fingerprint density at radius 1 is 1.06 bits per heavy atom. The first kappa shape index (κ1) is 11.8. The Balaban J connectivity index is 2.89. The van der Waals surface area contributed by atoms with E-state index in [9.17, 15) is 5.11 Å². The number of benzene rings is 2. The fraction of sp³-hybridized carbons (Fsp3) is 0.333. The highest BCUT2D eigenvalue weighted by Gasteiger charge is 2.19. The molecule has 90 valence electrons. The van der Waals surface area contributed by atoms with Gasteiger partial charge in [0.25, 0.3) is 0 Å². The van der Waals surface area contributed by atoms with Crippen LogP contribution < -0.4 is 4.74 Å². The van der Waals surface area contributed by atoms with Gasteiger partial charge in [0.05, 0.1) is 7.11 Å². The highest BCUT2D eigenvalue weighted by atomic mass is 16.5. The SMILES string of the molecule is COc1ccc(O)c2c(C(C)(C)C)cccc12. The molecule has 0 aromatic heterocycles. The summed E-state index contributed by atoms with van der Waals surface area (Å²) in [6.45, 7) is 6.42. The molecule has 2 rings (SSSR count). The van der Waals surface area contributed by atoms with Crippen molar-refractivity contribution in [2.45, 2.75) is 26.2 Å². The second-order valence-electron chi connectivity index (χ2n) is 5.27. The summed E-state index contributed by atoms with van der Waals surface area (Å²) >= 11 is 0. The Kier molecular flexibility index (Phi) is 2.74. The highest BCUT2D eigenvalue weighted by Crippen LogP contribution is 2.39. The van der Waals surface area contributed by atoms with E-state index >= 15 is 0 Å². The van der Waals surface area contributed by atoms with E-state index in [1.807, 2.05) is 12.1 Å². The first-order chi connectivity index (χ1) is 7.95. The summed E-state index contributed by atoms with van der Waals surface area (Å²) in [7, 11) is 1.65. The number of ether oxygens (including phenoxy) is 1. The van der Waals surface area contributed by atoms with Gasteiger partial charge in [-0.25, -0.2) is 0 Å². The summed E-state index contributed by atoms with van der Waals surface area (Å²) in [5.74, 6) is 1.11. The minimum absolute atomic E-state index is 0.0106. The van der Waals surface area contributed by atoms with E-state index in [0.717, 1.165) is 22.1 Å². The molecule has 1 N–H and O–H groups in total. The Morgan fingerprint density at radius 3 is 2.35 bits per heavy atom. The second kappa shape index (κ2) is 3.95. The highest BCUT2D eigenvalue weighted by molar-refractivity contribution is 5.96. The van der Waals surface area contributed by atoms with Crippen molar-refractivity contribution in [1.29, 1.82) is 0 Å². The van der Waals surface area contributed by atoms with E-state index in [1.54, 1.807) is 19.2 Å². The zero-order valence-electron chi connectivity index (χ0n) is 10.7. The molecule has 0 fully saturated rings. The van der Waals surface area contributed by atoms with Gasteiger partial charge in [-0.1, -0.05) is 39.0 Å². The molecule has 0 aliphatic carbocycles. The average Bonchev–Trinajstić information content (AvgIpc) is 2.28. The first-order valence-corrected chi connectivity index (χ1v) is 5.74. The van der Waals surface area contributed by atoms with Crippen molar-refractivity contribution < 1.29 is 9.84 Å². The number of methoxy groups -OCH3 is 1. The minimum atomic E-state index is -0.0106. The average molecular weight is 230 g/mol. The normalized spacial score (nSPS) is 11.8. The topological polar surface area (TPSA) is 29.5 Å². The van der Waals surface area contributed by atoms with E-state index in [2.05, 4.69) is 26.8 Å². The fourth-order valence-corrected chi connectivity index (χ4v) is 2.16. The summed E-state index contributed by atoms with van der Waals surface area (Å²) in [4.78, 5) is 0. The van der Waals surface area contributed by atoms with E-state index in [4.69, 9.17) is 4.74 Å². The molecule has 0 aliphatic heterocycles. The van der Waals surface area contributed by atoms with Crippen LogP contribution in [0.2, 0.25) is 0 Å². The monoisotopic (exact) mass is 230 g/mol. The maximum atomic E-state index is 10.1. The van der Waals surface area contributed by atoms with Crippen molar-refractivity contribution in [3.63, 3.8) is 0 Å². The molecule has 0 unspecified atom stereocenters. The van der Waals surface area contributed by atoms with Crippen molar-refractivity contribution in [3.8, 4) is 11.5 Å². The lowest BCUT2D eigenvalue weighted by Gasteiger charge is -2.22. The Labute approximate surface area is 102 Å². The molecule has 0 spiro atoms. The Morgan fingerprint density at radius 2 is 1.76 bits per heavy atom. The quantitative estimate of drug-likeness (QED) is 0.806. The van der Waals surface area contributed by atoms with Gasteiger partial charge in [0.2, 0.25) is 0 Å². The van der Waals surface area contributed by atoms with Crippen LogP contribution in [0.4, 0.5) is 0 Å². The molecule has 2 aromatic rings. The molecular formula is C15H18O2. The van der Waals surface area contributed by atoms with Gasteiger partial charge in [0.15, 0.2) is 0 Å². The molecule has 0 amide bonds. The lowest BCUT2D eigenvalue weighted by Crippen LogP contribution is -2.11. The summed E-state index contributed by atoms with van der Waals surface area (Å²) < 4.78 is 5.34. The molecule has 0 atom stereocenters. The predicted molar refractivity (Wildman–Crippen MR) is 70.9 cm³/mol. The number of aromatic hydroxyl groups is 1. The molecule has 2 nitrogen and oxygen atoms in total. The summed E-state index contributed by atoms with van der Waals surface area (Å²) in [6, 6.07) is 9.52. The lowest BCUT2D eigenvalue weighted by molar-refractivity contribution is 0.418. The summed E-state index contributed by atoms with van der Waals surface area (Å²) in [6.07, 6.45) is 0. The number of hydrogen-bond acceptors (Lipinski definition) is 2. The Bertz CT molecular complexity index is 551. The summed E-state index contributed by atoms with van der Waals surface area (Å²) in [5, 5.41) is 11.9. The molecule has 2 heteroatoms. The summed E-state index contributed by atoms with van der Waals surface area (Å²) in [5.41, 5.74) is 1.12. The number of phenols is 1.